The van der Waals surface area contributed by atoms with Crippen LogP contribution in [0.15, 0.2) is 47.5 Å². The van der Waals surface area contributed by atoms with Gasteiger partial charge in [-0.3, -0.25) is 34.1 Å². The Hall–Kier alpha value is -4.99. The molecule has 3 N–H and O–H groups in total. The van der Waals surface area contributed by atoms with Crippen molar-refractivity contribution in [3.8, 4) is 5.00 Å². The molecule has 2 saturated heterocycles. The van der Waals surface area contributed by atoms with Crippen molar-refractivity contribution in [3.63, 3.8) is 0 Å². The number of aliphatic imine (C=N–C) groups is 1. The second-order valence-electron chi connectivity index (χ2n) is 16.2. The number of aryl methyl sites for hydroxylation is 2. The summed E-state index contributed by atoms with van der Waals surface area (Å²) in [7, 11) is 0. The molecule has 2 fully saturated rings. The second-order valence-corrected chi connectivity index (χ2v) is 18.8. The fourth-order valence-corrected chi connectivity index (χ4v) is 10.9. The lowest BCUT2D eigenvalue weighted by atomic mass is 9.82. The van der Waals surface area contributed by atoms with Crippen LogP contribution in [0.1, 0.15) is 120 Å². The minimum absolute atomic E-state index is 0.0696. The summed E-state index contributed by atoms with van der Waals surface area (Å²) >= 11 is 9.46. The van der Waals surface area contributed by atoms with Gasteiger partial charge in [-0.1, -0.05) is 60.8 Å². The third-order valence-corrected chi connectivity index (χ3v) is 14.5. The molecule has 6 heterocycles. The van der Waals surface area contributed by atoms with Crippen LogP contribution in [0.25, 0.3) is 15.2 Å². The van der Waals surface area contributed by atoms with Crippen molar-refractivity contribution >= 4 is 79.0 Å². The van der Waals surface area contributed by atoms with E-state index in [4.69, 9.17) is 21.6 Å². The standard InChI is InChI=1S/C44H50ClN9O4S2/c1-26-27(2)59-41-37(26)38(29-12-15-31(45)16-13-29)48-33(39-52-51-28(3)54(39)41)24-36(56)46-20-8-6-4-5-7-9-21-47-40(57)30-14-17-32-34(23-30)60-43(49-32)53-22-19-44(25-53)18-10-11-35(55)50-42(44)58/h12-17,23,33H,4-11,18-22,24-25H2,1-3H3,(H,46,56)(H,47,57)(H,50,55,58)/t33-,44?/m0/s1. The van der Waals surface area contributed by atoms with E-state index in [-0.39, 0.29) is 30.0 Å². The zero-order valence-corrected chi connectivity index (χ0v) is 36.6. The molecule has 1 spiro atoms. The summed E-state index contributed by atoms with van der Waals surface area (Å²) in [6.07, 6.45) is 8.55. The Balaban J connectivity index is 0.756. The summed E-state index contributed by atoms with van der Waals surface area (Å²) in [5.41, 5.74) is 4.84. The molecule has 16 heteroatoms. The smallest absolute Gasteiger partial charge is 0.251 e. The van der Waals surface area contributed by atoms with E-state index in [0.29, 0.717) is 68.3 Å². The molecule has 314 valence electrons. The van der Waals surface area contributed by atoms with Gasteiger partial charge in [-0.2, -0.15) is 0 Å². The maximum absolute atomic E-state index is 13.3. The molecule has 0 saturated carbocycles. The molecule has 5 aromatic rings. The monoisotopic (exact) mass is 867 g/mol. The van der Waals surface area contributed by atoms with Crippen molar-refractivity contribution < 1.29 is 19.2 Å². The number of nitrogens with zero attached hydrogens (tertiary/aromatic N) is 6. The predicted molar refractivity (Wildman–Crippen MR) is 237 cm³/mol. The van der Waals surface area contributed by atoms with Crippen LogP contribution in [0, 0.1) is 26.2 Å². The molecular weight excluding hydrogens is 818 g/mol. The van der Waals surface area contributed by atoms with Crippen LogP contribution in [0.4, 0.5) is 5.13 Å². The van der Waals surface area contributed by atoms with Gasteiger partial charge < -0.3 is 15.5 Å². The number of carbonyl (C=O) groups excluding carboxylic acids is 4. The van der Waals surface area contributed by atoms with Crippen LogP contribution < -0.4 is 20.9 Å². The normalized spacial score (nSPS) is 18.8. The summed E-state index contributed by atoms with van der Waals surface area (Å²) in [4.78, 5) is 64.4. The van der Waals surface area contributed by atoms with Gasteiger partial charge in [-0.15, -0.1) is 21.5 Å². The molecule has 0 radical (unpaired) electrons. The van der Waals surface area contributed by atoms with Gasteiger partial charge in [0.1, 0.15) is 16.9 Å². The number of nitrogens with one attached hydrogen (secondary N) is 3. The topological polar surface area (TPSA) is 164 Å². The number of amides is 4. The molecule has 4 amide bonds. The number of aromatic nitrogens is 4. The highest BCUT2D eigenvalue weighted by Gasteiger charge is 2.46. The first-order valence-electron chi connectivity index (χ1n) is 20.9. The number of halogens is 1. The Bertz CT molecular complexity index is 2470. The van der Waals surface area contributed by atoms with Crippen LogP contribution in [-0.4, -0.2) is 75.3 Å². The number of hydrogen-bond acceptors (Lipinski definition) is 11. The van der Waals surface area contributed by atoms with Crippen LogP contribution in [0.3, 0.4) is 0 Å². The molecule has 0 aliphatic carbocycles. The third kappa shape index (κ3) is 8.75. The van der Waals surface area contributed by atoms with E-state index in [9.17, 15) is 19.2 Å². The number of imide groups is 1. The quantitative estimate of drug-likeness (QED) is 0.0755. The van der Waals surface area contributed by atoms with Gasteiger partial charge in [0.2, 0.25) is 17.7 Å². The molecule has 3 aromatic heterocycles. The van der Waals surface area contributed by atoms with Gasteiger partial charge in [0.15, 0.2) is 11.0 Å². The van der Waals surface area contributed by atoms with Gasteiger partial charge >= 0.3 is 0 Å². The molecule has 2 aromatic carbocycles. The highest BCUT2D eigenvalue weighted by Crippen LogP contribution is 2.42. The van der Waals surface area contributed by atoms with Crippen molar-refractivity contribution in [2.45, 2.75) is 97.4 Å². The predicted octanol–water partition coefficient (Wildman–Crippen LogP) is 7.71. The summed E-state index contributed by atoms with van der Waals surface area (Å²) in [5, 5.41) is 20.2. The van der Waals surface area contributed by atoms with E-state index >= 15 is 0 Å². The first-order chi connectivity index (χ1) is 29.0. The fourth-order valence-electron chi connectivity index (χ4n) is 8.51. The zero-order valence-electron chi connectivity index (χ0n) is 34.2. The van der Waals surface area contributed by atoms with Crippen LogP contribution >= 0.6 is 34.3 Å². The lowest BCUT2D eigenvalue weighted by Gasteiger charge is -2.25. The highest BCUT2D eigenvalue weighted by atomic mass is 35.5. The largest absolute Gasteiger partial charge is 0.356 e. The van der Waals surface area contributed by atoms with E-state index in [1.807, 2.05) is 49.4 Å². The molecule has 13 nitrogen and oxygen atoms in total. The van der Waals surface area contributed by atoms with Crippen molar-refractivity contribution in [2.75, 3.05) is 31.1 Å². The van der Waals surface area contributed by atoms with Gasteiger partial charge in [-0.25, -0.2) is 4.98 Å². The minimum atomic E-state index is -0.553. The number of anilines is 1. The third-order valence-electron chi connectivity index (χ3n) is 12.0. The summed E-state index contributed by atoms with van der Waals surface area (Å²) in [6.45, 7) is 8.60. The van der Waals surface area contributed by atoms with E-state index < -0.39 is 11.5 Å². The molecular formula is C44H50ClN9O4S2. The molecule has 3 aliphatic rings. The first kappa shape index (κ1) is 41.7. The van der Waals surface area contributed by atoms with Crippen molar-refractivity contribution in [1.82, 2.24) is 35.7 Å². The number of hydrogen-bond donors (Lipinski definition) is 3. The zero-order chi connectivity index (χ0) is 42.0. The summed E-state index contributed by atoms with van der Waals surface area (Å²) in [6, 6.07) is 12.8. The Morgan fingerprint density at radius 3 is 2.47 bits per heavy atom. The lowest BCUT2D eigenvalue weighted by Crippen LogP contribution is -2.43. The number of thiophene rings is 1. The molecule has 1 unspecified atom stereocenters. The fraction of sp³-hybridized carbons (Fsp3) is 0.455. The Morgan fingerprint density at radius 1 is 0.933 bits per heavy atom. The second kappa shape index (κ2) is 17.9. The van der Waals surface area contributed by atoms with Gasteiger partial charge in [-0.05, 0) is 88.8 Å². The Morgan fingerprint density at radius 2 is 1.68 bits per heavy atom. The SMILES string of the molecule is Cc1sc2c(c1C)C(c1ccc(Cl)cc1)=N[C@@H](CC(=O)NCCCCCCCCNC(=O)c1ccc3nc(N4CCC5(CCCC(=O)NC5=O)C4)sc3c1)c1nnc(C)n1-2. The van der Waals surface area contributed by atoms with E-state index in [2.05, 4.69) is 49.5 Å². The van der Waals surface area contributed by atoms with E-state index in [0.717, 1.165) is 87.1 Å². The number of thiazole rings is 1. The van der Waals surface area contributed by atoms with Crippen molar-refractivity contribution in [3.05, 3.63) is 86.3 Å². The van der Waals surface area contributed by atoms with Crippen LogP contribution in [-0.2, 0) is 14.4 Å². The van der Waals surface area contributed by atoms with Crippen molar-refractivity contribution in [1.29, 1.82) is 0 Å². The van der Waals surface area contributed by atoms with Gasteiger partial charge in [0.05, 0.1) is 27.8 Å². The Kier molecular flexibility index (Phi) is 12.5. The van der Waals surface area contributed by atoms with E-state index in [1.54, 1.807) is 11.3 Å². The number of carbonyl (C=O) groups is 4. The van der Waals surface area contributed by atoms with Gasteiger partial charge in [0, 0.05) is 59.2 Å². The van der Waals surface area contributed by atoms with E-state index in [1.165, 1.54) is 16.2 Å². The average molecular weight is 869 g/mol. The Labute approximate surface area is 362 Å². The molecule has 8 rings (SSSR count). The van der Waals surface area contributed by atoms with Crippen LogP contribution in [0.5, 0.6) is 0 Å². The first-order valence-corrected chi connectivity index (χ1v) is 22.9. The highest BCUT2D eigenvalue weighted by molar-refractivity contribution is 7.22. The van der Waals surface area contributed by atoms with Gasteiger partial charge in [0.25, 0.3) is 5.91 Å². The van der Waals surface area contributed by atoms with Crippen molar-refractivity contribution in [2.24, 2.45) is 10.4 Å². The number of fused-ring (bicyclic) bond motifs is 4. The molecule has 2 atom stereocenters. The number of rotatable bonds is 14. The summed E-state index contributed by atoms with van der Waals surface area (Å²) < 4.78 is 2.99. The lowest BCUT2D eigenvalue weighted by molar-refractivity contribution is -0.134. The summed E-state index contributed by atoms with van der Waals surface area (Å²) in [5.74, 6) is 0.904. The number of benzene rings is 2. The molecule has 3 aliphatic heterocycles. The number of unbranched alkanes of at least 4 members (excludes halogenated alkanes) is 5. The molecule has 60 heavy (non-hydrogen) atoms. The average Bonchev–Trinajstić information content (AvgIpc) is 3.98. The molecule has 0 bridgehead atoms. The van der Waals surface area contributed by atoms with Crippen LogP contribution in [0.2, 0.25) is 5.02 Å². The maximum atomic E-state index is 13.3. The maximum Gasteiger partial charge on any atom is 0.251 e. The minimum Gasteiger partial charge on any atom is -0.356 e.